The van der Waals surface area contributed by atoms with E-state index in [9.17, 15) is 14.4 Å². The van der Waals surface area contributed by atoms with Crippen LogP contribution in [0.4, 0.5) is 0 Å². The van der Waals surface area contributed by atoms with Gasteiger partial charge in [0.1, 0.15) is 5.69 Å². The molecule has 29 heavy (non-hydrogen) atoms. The molecule has 0 fully saturated rings. The highest BCUT2D eigenvalue weighted by atomic mass is 16.5. The van der Waals surface area contributed by atoms with Crippen LogP contribution in [0, 0.1) is 5.92 Å². The minimum absolute atomic E-state index is 0.349. The first-order valence-corrected chi connectivity index (χ1v) is 9.68. The maximum absolute atomic E-state index is 12.4. The number of aryl methyl sites for hydroxylation is 2. The van der Waals surface area contributed by atoms with Crippen molar-refractivity contribution >= 4 is 28.7 Å². The molecule has 150 valence electrons. The molecule has 0 saturated heterocycles. The van der Waals surface area contributed by atoms with E-state index in [-0.39, 0.29) is 0 Å². The Bertz CT molecular complexity index is 1110. The third-order valence-electron chi connectivity index (χ3n) is 5.43. The summed E-state index contributed by atoms with van der Waals surface area (Å²) in [6.45, 7) is 1.71. The van der Waals surface area contributed by atoms with Crippen LogP contribution in [0.3, 0.4) is 0 Å². The molecule has 1 atom stereocenters. The lowest BCUT2D eigenvalue weighted by Crippen LogP contribution is -2.35. The first-order chi connectivity index (χ1) is 13.9. The van der Waals surface area contributed by atoms with E-state index in [4.69, 9.17) is 4.74 Å². The summed E-state index contributed by atoms with van der Waals surface area (Å²) >= 11 is 0. The van der Waals surface area contributed by atoms with Gasteiger partial charge in [0.05, 0.1) is 5.56 Å². The smallest absolute Gasteiger partial charge is 0.338 e. The van der Waals surface area contributed by atoms with Gasteiger partial charge in [0.2, 0.25) is 0 Å². The van der Waals surface area contributed by atoms with Crippen LogP contribution < -0.4 is 5.32 Å². The molecule has 1 aliphatic rings. The first-order valence-electron chi connectivity index (χ1n) is 9.68. The minimum atomic E-state index is -0.668. The molecule has 0 spiro atoms. The number of hydrogen-bond donors (Lipinski definition) is 2. The predicted octanol–water partition coefficient (Wildman–Crippen LogP) is 2.74. The van der Waals surface area contributed by atoms with Crippen molar-refractivity contribution in [3.8, 4) is 0 Å². The van der Waals surface area contributed by atoms with Crippen molar-refractivity contribution in [3.05, 3.63) is 59.0 Å². The Morgan fingerprint density at radius 3 is 2.86 bits per heavy atom. The molecule has 2 N–H and O–H groups in total. The molecule has 4 rings (SSSR count). The summed E-state index contributed by atoms with van der Waals surface area (Å²) in [6, 6.07) is 8.67. The lowest BCUT2D eigenvalue weighted by molar-refractivity contribution is -0.123. The number of benzene rings is 1. The first kappa shape index (κ1) is 19.0. The van der Waals surface area contributed by atoms with Crippen LogP contribution in [0.1, 0.15) is 45.4 Å². The Kier molecular flexibility index (Phi) is 4.96. The second-order valence-corrected chi connectivity index (χ2v) is 7.65. The Balaban J connectivity index is 1.41. The molecule has 0 saturated carbocycles. The van der Waals surface area contributed by atoms with Crippen LogP contribution in [0.2, 0.25) is 0 Å². The number of ether oxygens (including phenoxy) is 1. The van der Waals surface area contributed by atoms with Crippen molar-refractivity contribution in [2.75, 3.05) is 6.61 Å². The molecule has 7 heteroatoms. The Labute approximate surface area is 168 Å². The van der Waals surface area contributed by atoms with E-state index in [2.05, 4.69) is 17.2 Å². The number of esters is 1. The topological polar surface area (TPSA) is 93.2 Å². The second-order valence-electron chi connectivity index (χ2n) is 7.65. The van der Waals surface area contributed by atoms with Crippen LogP contribution in [0.15, 0.2) is 36.5 Å². The average Bonchev–Trinajstić information content (AvgIpc) is 3.28. The molecule has 2 amide bonds. The number of rotatable bonds is 4. The summed E-state index contributed by atoms with van der Waals surface area (Å²) in [7, 11) is 1.70. The molecule has 1 unspecified atom stereocenters. The van der Waals surface area contributed by atoms with Gasteiger partial charge in [-0.15, -0.1) is 0 Å². The predicted molar refractivity (Wildman–Crippen MR) is 108 cm³/mol. The van der Waals surface area contributed by atoms with Crippen LogP contribution in [-0.2, 0) is 29.4 Å². The quantitative estimate of drug-likeness (QED) is 0.667. The number of aromatic nitrogens is 2. The molecule has 2 heterocycles. The third kappa shape index (κ3) is 3.81. The van der Waals surface area contributed by atoms with Crippen molar-refractivity contribution in [2.24, 2.45) is 13.0 Å². The van der Waals surface area contributed by atoms with Gasteiger partial charge in [-0.25, -0.2) is 4.79 Å². The highest BCUT2D eigenvalue weighted by molar-refractivity contribution is 6.05. The summed E-state index contributed by atoms with van der Waals surface area (Å²) in [4.78, 5) is 39.9. The fraction of sp³-hybridized carbons (Fsp3) is 0.318. The highest BCUT2D eigenvalue weighted by Gasteiger charge is 2.21. The van der Waals surface area contributed by atoms with Gasteiger partial charge in [-0.2, -0.15) is 0 Å². The van der Waals surface area contributed by atoms with Gasteiger partial charge in [0.15, 0.2) is 6.61 Å². The number of carbonyl (C=O) groups is 3. The molecular weight excluding hydrogens is 370 g/mol. The molecule has 7 nitrogen and oxygen atoms in total. The van der Waals surface area contributed by atoms with E-state index in [1.807, 2.05) is 12.1 Å². The normalized spacial score (nSPS) is 15.7. The maximum Gasteiger partial charge on any atom is 0.338 e. The number of H-pyrrole nitrogens is 1. The summed E-state index contributed by atoms with van der Waals surface area (Å²) in [5.41, 5.74) is 4.24. The fourth-order valence-electron chi connectivity index (χ4n) is 3.86. The van der Waals surface area contributed by atoms with E-state index in [1.54, 1.807) is 36.0 Å². The molecule has 0 aliphatic heterocycles. The van der Waals surface area contributed by atoms with E-state index in [0.717, 1.165) is 30.2 Å². The largest absolute Gasteiger partial charge is 0.452 e. The standard InChI is InChI=1S/C22H23N3O4/c1-13-5-7-17-15(10-13)16-11-14(6-8-18(16)23-17)22(28)29-12-20(26)24-21(27)19-4-3-9-25(19)2/h3-4,6,8-9,11,13,23H,5,7,10,12H2,1-2H3,(H,24,26,27). The average molecular weight is 393 g/mol. The zero-order valence-corrected chi connectivity index (χ0v) is 16.5. The number of hydrogen-bond acceptors (Lipinski definition) is 4. The molecule has 3 aromatic rings. The Hall–Kier alpha value is -3.35. The zero-order chi connectivity index (χ0) is 20.5. The summed E-state index contributed by atoms with van der Waals surface area (Å²) in [5, 5.41) is 3.25. The van der Waals surface area contributed by atoms with E-state index in [1.165, 1.54) is 11.3 Å². The van der Waals surface area contributed by atoms with Gasteiger partial charge in [0, 0.05) is 29.8 Å². The number of nitrogens with one attached hydrogen (secondary N) is 2. The number of imide groups is 1. The summed E-state index contributed by atoms with van der Waals surface area (Å²) in [5.74, 6) is -1.18. The van der Waals surface area contributed by atoms with Crippen LogP contribution in [-0.4, -0.2) is 33.9 Å². The maximum atomic E-state index is 12.4. The van der Waals surface area contributed by atoms with Crippen molar-refractivity contribution in [1.29, 1.82) is 0 Å². The number of carbonyl (C=O) groups excluding carboxylic acids is 3. The fourth-order valence-corrected chi connectivity index (χ4v) is 3.86. The summed E-state index contributed by atoms with van der Waals surface area (Å²) < 4.78 is 6.71. The highest BCUT2D eigenvalue weighted by Crippen LogP contribution is 2.32. The SMILES string of the molecule is CC1CCc2[nH]c3ccc(C(=O)OCC(=O)NC(=O)c4cccn4C)cc3c2C1. The van der Waals surface area contributed by atoms with Gasteiger partial charge in [0.25, 0.3) is 11.8 Å². The van der Waals surface area contributed by atoms with Gasteiger partial charge in [-0.05, 0) is 61.1 Å². The zero-order valence-electron chi connectivity index (χ0n) is 16.5. The lowest BCUT2D eigenvalue weighted by Gasteiger charge is -2.18. The Morgan fingerprint density at radius 1 is 1.28 bits per heavy atom. The van der Waals surface area contributed by atoms with E-state index < -0.39 is 24.4 Å². The van der Waals surface area contributed by atoms with Gasteiger partial charge >= 0.3 is 5.97 Å². The third-order valence-corrected chi connectivity index (χ3v) is 5.43. The molecule has 2 aromatic heterocycles. The monoisotopic (exact) mass is 393 g/mol. The molecule has 0 radical (unpaired) electrons. The van der Waals surface area contributed by atoms with Gasteiger partial charge in [-0.1, -0.05) is 6.92 Å². The number of aromatic amines is 1. The number of nitrogens with zero attached hydrogens (tertiary/aromatic N) is 1. The molecule has 1 aromatic carbocycles. The van der Waals surface area contributed by atoms with Crippen LogP contribution in [0.5, 0.6) is 0 Å². The van der Waals surface area contributed by atoms with Gasteiger partial charge in [-0.3, -0.25) is 14.9 Å². The van der Waals surface area contributed by atoms with E-state index in [0.29, 0.717) is 17.2 Å². The molecular formula is C22H23N3O4. The van der Waals surface area contributed by atoms with Crippen molar-refractivity contribution in [1.82, 2.24) is 14.9 Å². The molecule has 1 aliphatic carbocycles. The van der Waals surface area contributed by atoms with Crippen molar-refractivity contribution in [2.45, 2.75) is 26.2 Å². The van der Waals surface area contributed by atoms with Crippen LogP contribution in [0.25, 0.3) is 10.9 Å². The lowest BCUT2D eigenvalue weighted by atomic mass is 9.87. The van der Waals surface area contributed by atoms with Crippen LogP contribution >= 0.6 is 0 Å². The Morgan fingerprint density at radius 2 is 2.10 bits per heavy atom. The van der Waals surface area contributed by atoms with Crippen molar-refractivity contribution < 1.29 is 19.1 Å². The summed E-state index contributed by atoms with van der Waals surface area (Å²) in [6.07, 6.45) is 4.86. The number of fused-ring (bicyclic) bond motifs is 3. The van der Waals surface area contributed by atoms with Crippen molar-refractivity contribution in [3.63, 3.8) is 0 Å². The minimum Gasteiger partial charge on any atom is -0.452 e. The second kappa shape index (κ2) is 7.58. The van der Waals surface area contributed by atoms with E-state index >= 15 is 0 Å². The van der Waals surface area contributed by atoms with Gasteiger partial charge < -0.3 is 14.3 Å². The number of amides is 2. The molecule has 0 bridgehead atoms.